The number of terminal acetylenes is 1. The van der Waals surface area contributed by atoms with Crippen LogP contribution in [0.2, 0.25) is 0 Å². The van der Waals surface area contributed by atoms with Crippen LogP contribution in [0, 0.1) is 12.3 Å². The number of aromatic amines is 1. The van der Waals surface area contributed by atoms with Gasteiger partial charge in [0.1, 0.15) is 5.82 Å². The van der Waals surface area contributed by atoms with E-state index in [9.17, 15) is 4.79 Å². The second-order valence-corrected chi connectivity index (χ2v) is 3.45. The molecule has 0 bridgehead atoms. The van der Waals surface area contributed by atoms with Crippen LogP contribution in [0.1, 0.15) is 43.1 Å². The second kappa shape index (κ2) is 5.91. The van der Waals surface area contributed by atoms with E-state index >= 15 is 0 Å². The molecular formula is C11H16N4O. The fraction of sp³-hybridized carbons (Fsp3) is 0.545. The Kier molecular flexibility index (Phi) is 4.52. The van der Waals surface area contributed by atoms with Crippen molar-refractivity contribution in [2.24, 2.45) is 0 Å². The Hall–Kier alpha value is -1.83. The van der Waals surface area contributed by atoms with Crippen molar-refractivity contribution in [3.05, 3.63) is 11.6 Å². The molecule has 1 amide bonds. The van der Waals surface area contributed by atoms with Crippen molar-refractivity contribution >= 4 is 5.91 Å². The molecule has 0 aliphatic carbocycles. The van der Waals surface area contributed by atoms with Gasteiger partial charge in [-0.1, -0.05) is 13.8 Å². The molecule has 0 aromatic carbocycles. The summed E-state index contributed by atoms with van der Waals surface area (Å²) >= 11 is 0. The first kappa shape index (κ1) is 12.2. The number of hydrogen-bond acceptors (Lipinski definition) is 3. The molecule has 0 aliphatic heterocycles. The number of carbonyl (C=O) groups excluding carboxylic acids is 1. The van der Waals surface area contributed by atoms with Gasteiger partial charge in [-0.15, -0.1) is 17.4 Å². The first-order chi connectivity index (χ1) is 7.71. The lowest BCUT2D eigenvalue weighted by molar-refractivity contribution is 0.0926. The van der Waals surface area contributed by atoms with E-state index in [0.717, 1.165) is 12.8 Å². The Morgan fingerprint density at radius 3 is 2.88 bits per heavy atom. The third-order valence-electron chi connectivity index (χ3n) is 2.26. The third kappa shape index (κ3) is 3.09. The maximum atomic E-state index is 11.7. The number of aryl methyl sites for hydroxylation is 1. The van der Waals surface area contributed by atoms with Crippen LogP contribution in [0.4, 0.5) is 0 Å². The molecule has 1 rings (SSSR count). The van der Waals surface area contributed by atoms with Gasteiger partial charge in [0.25, 0.3) is 5.91 Å². The van der Waals surface area contributed by atoms with Crippen molar-refractivity contribution in [2.75, 3.05) is 0 Å². The summed E-state index contributed by atoms with van der Waals surface area (Å²) in [5.74, 6) is 3.13. The van der Waals surface area contributed by atoms with Crippen molar-refractivity contribution in [3.63, 3.8) is 0 Å². The highest BCUT2D eigenvalue weighted by atomic mass is 16.2. The molecule has 0 spiro atoms. The van der Waals surface area contributed by atoms with Gasteiger partial charge in [-0.2, -0.15) is 0 Å². The van der Waals surface area contributed by atoms with Gasteiger partial charge in [0.15, 0.2) is 0 Å². The molecule has 0 radical (unpaired) electrons. The van der Waals surface area contributed by atoms with E-state index in [0.29, 0.717) is 12.2 Å². The highest BCUT2D eigenvalue weighted by Crippen LogP contribution is 1.99. The number of amides is 1. The van der Waals surface area contributed by atoms with E-state index in [2.05, 4.69) is 26.4 Å². The first-order valence-electron chi connectivity index (χ1n) is 5.36. The average molecular weight is 220 g/mol. The lowest BCUT2D eigenvalue weighted by atomic mass is 10.1. The van der Waals surface area contributed by atoms with Crippen LogP contribution in [0.5, 0.6) is 0 Å². The molecule has 1 aromatic heterocycles. The van der Waals surface area contributed by atoms with Crippen molar-refractivity contribution in [1.29, 1.82) is 0 Å². The van der Waals surface area contributed by atoms with Gasteiger partial charge >= 0.3 is 0 Å². The van der Waals surface area contributed by atoms with Gasteiger partial charge in [-0.05, 0) is 6.42 Å². The Morgan fingerprint density at radius 1 is 1.62 bits per heavy atom. The molecule has 1 unspecified atom stereocenters. The largest absolute Gasteiger partial charge is 0.346 e. The van der Waals surface area contributed by atoms with Crippen molar-refractivity contribution in [3.8, 4) is 12.3 Å². The number of H-pyrrole nitrogens is 1. The van der Waals surface area contributed by atoms with E-state index in [1.165, 1.54) is 0 Å². The molecule has 0 saturated heterocycles. The van der Waals surface area contributed by atoms with Gasteiger partial charge < -0.3 is 5.32 Å². The number of carbonyl (C=O) groups is 1. The molecule has 1 aromatic rings. The summed E-state index contributed by atoms with van der Waals surface area (Å²) in [7, 11) is 0. The summed E-state index contributed by atoms with van der Waals surface area (Å²) in [5.41, 5.74) is 0. The Bertz CT molecular complexity index is 391. The zero-order valence-electron chi connectivity index (χ0n) is 9.58. The van der Waals surface area contributed by atoms with Gasteiger partial charge in [0.05, 0.1) is 0 Å². The van der Waals surface area contributed by atoms with Crippen molar-refractivity contribution in [2.45, 2.75) is 39.2 Å². The van der Waals surface area contributed by atoms with Crippen LogP contribution in [0.15, 0.2) is 0 Å². The molecule has 16 heavy (non-hydrogen) atoms. The van der Waals surface area contributed by atoms with Gasteiger partial charge in [0, 0.05) is 18.9 Å². The summed E-state index contributed by atoms with van der Waals surface area (Å²) < 4.78 is 0. The second-order valence-electron chi connectivity index (χ2n) is 3.45. The predicted octanol–water partition coefficient (Wildman–Crippen LogP) is 0.899. The summed E-state index contributed by atoms with van der Waals surface area (Å²) in [6, 6.07) is -0.0129. The number of nitrogens with one attached hydrogen (secondary N) is 2. The first-order valence-corrected chi connectivity index (χ1v) is 5.36. The zero-order chi connectivity index (χ0) is 12.0. The highest BCUT2D eigenvalue weighted by Gasteiger charge is 2.15. The predicted molar refractivity (Wildman–Crippen MR) is 60.8 cm³/mol. The quantitative estimate of drug-likeness (QED) is 0.724. The molecule has 5 nitrogen and oxygen atoms in total. The van der Waals surface area contributed by atoms with E-state index in [-0.39, 0.29) is 17.8 Å². The van der Waals surface area contributed by atoms with E-state index in [1.807, 2.05) is 13.8 Å². The summed E-state index contributed by atoms with van der Waals surface area (Å²) in [4.78, 5) is 15.7. The number of rotatable bonds is 5. The maximum Gasteiger partial charge on any atom is 0.291 e. The zero-order valence-corrected chi connectivity index (χ0v) is 9.58. The SMILES string of the molecule is C#CCC(CC)NC(=O)c1n[nH]c(CC)n1. The number of hydrogen-bond donors (Lipinski definition) is 2. The minimum atomic E-state index is -0.280. The Morgan fingerprint density at radius 2 is 2.38 bits per heavy atom. The number of aromatic nitrogens is 3. The fourth-order valence-corrected chi connectivity index (χ4v) is 1.24. The van der Waals surface area contributed by atoms with Crippen LogP contribution >= 0.6 is 0 Å². The monoisotopic (exact) mass is 220 g/mol. The smallest absolute Gasteiger partial charge is 0.291 e. The van der Waals surface area contributed by atoms with Crippen LogP contribution < -0.4 is 5.32 Å². The molecule has 0 fully saturated rings. The molecular weight excluding hydrogens is 204 g/mol. The normalized spacial score (nSPS) is 11.8. The molecule has 0 saturated carbocycles. The summed E-state index contributed by atoms with van der Waals surface area (Å²) in [6.07, 6.45) is 7.24. The molecule has 2 N–H and O–H groups in total. The summed E-state index contributed by atoms with van der Waals surface area (Å²) in [6.45, 7) is 3.91. The van der Waals surface area contributed by atoms with E-state index in [1.54, 1.807) is 0 Å². The fourth-order valence-electron chi connectivity index (χ4n) is 1.24. The van der Waals surface area contributed by atoms with E-state index in [4.69, 9.17) is 6.42 Å². The molecule has 5 heteroatoms. The Balaban J connectivity index is 2.61. The van der Waals surface area contributed by atoms with Gasteiger partial charge in [-0.25, -0.2) is 4.98 Å². The molecule has 1 atom stereocenters. The Labute approximate surface area is 95.0 Å². The van der Waals surface area contributed by atoms with Crippen LogP contribution in [0.3, 0.4) is 0 Å². The number of nitrogens with zero attached hydrogens (tertiary/aromatic N) is 2. The molecule has 86 valence electrons. The minimum Gasteiger partial charge on any atom is -0.346 e. The topological polar surface area (TPSA) is 70.7 Å². The molecule has 1 heterocycles. The third-order valence-corrected chi connectivity index (χ3v) is 2.26. The molecule has 0 aliphatic rings. The van der Waals surface area contributed by atoms with Crippen LogP contribution in [-0.2, 0) is 6.42 Å². The minimum absolute atomic E-state index is 0.0129. The summed E-state index contributed by atoms with van der Waals surface area (Å²) in [5, 5.41) is 9.33. The van der Waals surface area contributed by atoms with Gasteiger partial charge in [0.2, 0.25) is 5.82 Å². The van der Waals surface area contributed by atoms with Crippen LogP contribution in [0.25, 0.3) is 0 Å². The lowest BCUT2D eigenvalue weighted by Crippen LogP contribution is -2.34. The van der Waals surface area contributed by atoms with Crippen molar-refractivity contribution < 1.29 is 4.79 Å². The van der Waals surface area contributed by atoms with Crippen LogP contribution in [-0.4, -0.2) is 27.1 Å². The van der Waals surface area contributed by atoms with Crippen molar-refractivity contribution in [1.82, 2.24) is 20.5 Å². The standard InChI is InChI=1S/C11H16N4O/c1-4-7-8(5-2)12-11(16)10-13-9(6-3)14-15-10/h1,8H,5-7H2,2-3H3,(H,12,16)(H,13,14,15). The average Bonchev–Trinajstić information content (AvgIpc) is 2.76. The lowest BCUT2D eigenvalue weighted by Gasteiger charge is -2.12. The maximum absolute atomic E-state index is 11.7. The van der Waals surface area contributed by atoms with E-state index < -0.39 is 0 Å². The highest BCUT2D eigenvalue weighted by molar-refractivity contribution is 5.90. The van der Waals surface area contributed by atoms with Gasteiger partial charge in [-0.3, -0.25) is 9.89 Å².